The van der Waals surface area contributed by atoms with E-state index in [2.05, 4.69) is 15.5 Å². The van der Waals surface area contributed by atoms with Gasteiger partial charge in [0.25, 0.3) is 0 Å². The molecule has 1 heterocycles. The van der Waals surface area contributed by atoms with Crippen LogP contribution in [0.3, 0.4) is 0 Å². The SMILES string of the molecule is CNCCCc1noc(CCOC)n1. The Morgan fingerprint density at radius 3 is 3.00 bits per heavy atom. The van der Waals surface area contributed by atoms with E-state index >= 15 is 0 Å². The second kappa shape index (κ2) is 6.50. The van der Waals surface area contributed by atoms with Crippen molar-refractivity contribution in [3.05, 3.63) is 11.7 Å². The zero-order valence-corrected chi connectivity index (χ0v) is 8.75. The minimum atomic E-state index is 0.623. The minimum absolute atomic E-state index is 0.623. The molecular weight excluding hydrogens is 182 g/mol. The predicted octanol–water partition coefficient (Wildman–Crippen LogP) is 0.410. The van der Waals surface area contributed by atoms with E-state index in [9.17, 15) is 0 Å². The molecule has 0 fully saturated rings. The second-order valence-corrected chi connectivity index (χ2v) is 3.05. The number of nitrogens with one attached hydrogen (secondary N) is 1. The van der Waals surface area contributed by atoms with Crippen molar-refractivity contribution in [3.63, 3.8) is 0 Å². The van der Waals surface area contributed by atoms with Gasteiger partial charge in [0.1, 0.15) is 0 Å². The molecule has 0 aliphatic heterocycles. The Labute approximate surface area is 83.8 Å². The molecule has 0 aromatic carbocycles. The van der Waals surface area contributed by atoms with Crippen LogP contribution in [-0.4, -0.2) is 37.4 Å². The molecule has 0 aliphatic carbocycles. The molecule has 0 unspecified atom stereocenters. The molecule has 0 saturated carbocycles. The summed E-state index contributed by atoms with van der Waals surface area (Å²) in [6, 6.07) is 0. The van der Waals surface area contributed by atoms with Crippen molar-refractivity contribution in [2.24, 2.45) is 0 Å². The maximum Gasteiger partial charge on any atom is 0.228 e. The number of hydrogen-bond donors (Lipinski definition) is 1. The van der Waals surface area contributed by atoms with Crippen LogP contribution in [0.2, 0.25) is 0 Å². The first-order valence-corrected chi connectivity index (χ1v) is 4.82. The molecule has 5 nitrogen and oxygen atoms in total. The Morgan fingerprint density at radius 1 is 1.43 bits per heavy atom. The lowest BCUT2D eigenvalue weighted by Crippen LogP contribution is -2.08. The van der Waals surface area contributed by atoms with E-state index in [4.69, 9.17) is 9.26 Å². The number of rotatable bonds is 7. The van der Waals surface area contributed by atoms with Crippen LogP contribution in [0, 0.1) is 0 Å². The van der Waals surface area contributed by atoms with Crippen molar-refractivity contribution in [3.8, 4) is 0 Å². The second-order valence-electron chi connectivity index (χ2n) is 3.05. The third-order valence-electron chi connectivity index (χ3n) is 1.86. The highest BCUT2D eigenvalue weighted by Gasteiger charge is 2.04. The highest BCUT2D eigenvalue weighted by Crippen LogP contribution is 2.00. The topological polar surface area (TPSA) is 60.2 Å². The monoisotopic (exact) mass is 199 g/mol. The lowest BCUT2D eigenvalue weighted by Gasteiger charge is -1.93. The third-order valence-corrected chi connectivity index (χ3v) is 1.86. The fourth-order valence-electron chi connectivity index (χ4n) is 1.11. The van der Waals surface area contributed by atoms with Crippen molar-refractivity contribution >= 4 is 0 Å². The van der Waals surface area contributed by atoms with E-state index in [1.54, 1.807) is 7.11 Å². The molecule has 0 bridgehead atoms. The Hall–Kier alpha value is -0.940. The van der Waals surface area contributed by atoms with E-state index in [-0.39, 0.29) is 0 Å². The van der Waals surface area contributed by atoms with Crippen LogP contribution in [-0.2, 0) is 17.6 Å². The zero-order valence-electron chi connectivity index (χ0n) is 8.75. The van der Waals surface area contributed by atoms with Gasteiger partial charge in [-0.15, -0.1) is 0 Å². The maximum absolute atomic E-state index is 5.04. The average Bonchev–Trinajstić information content (AvgIpc) is 2.63. The molecule has 0 spiro atoms. The van der Waals surface area contributed by atoms with E-state index in [1.165, 1.54) is 0 Å². The third kappa shape index (κ3) is 3.85. The van der Waals surface area contributed by atoms with Crippen molar-refractivity contribution < 1.29 is 9.26 Å². The van der Waals surface area contributed by atoms with Gasteiger partial charge in [0.15, 0.2) is 5.82 Å². The van der Waals surface area contributed by atoms with Crippen molar-refractivity contribution in [1.29, 1.82) is 0 Å². The molecule has 0 amide bonds. The van der Waals surface area contributed by atoms with Crippen LogP contribution in [0.1, 0.15) is 18.1 Å². The molecule has 0 radical (unpaired) electrons. The maximum atomic E-state index is 5.04. The summed E-state index contributed by atoms with van der Waals surface area (Å²) in [7, 11) is 3.59. The first-order valence-electron chi connectivity index (χ1n) is 4.82. The van der Waals surface area contributed by atoms with Gasteiger partial charge in [-0.05, 0) is 20.0 Å². The van der Waals surface area contributed by atoms with Crippen LogP contribution in [0.25, 0.3) is 0 Å². The first kappa shape index (κ1) is 11.1. The van der Waals surface area contributed by atoms with Crippen molar-refractivity contribution in [2.45, 2.75) is 19.3 Å². The Bertz CT molecular complexity index is 250. The molecule has 1 aromatic heterocycles. The molecule has 0 saturated heterocycles. The Kier molecular flexibility index (Phi) is 5.17. The predicted molar refractivity (Wildman–Crippen MR) is 52.1 cm³/mol. The molecule has 14 heavy (non-hydrogen) atoms. The van der Waals surface area contributed by atoms with E-state index < -0.39 is 0 Å². The lowest BCUT2D eigenvalue weighted by atomic mass is 10.3. The molecule has 1 N–H and O–H groups in total. The number of aryl methyl sites for hydroxylation is 1. The van der Waals surface area contributed by atoms with Crippen LogP contribution < -0.4 is 5.32 Å². The highest BCUT2D eigenvalue weighted by atomic mass is 16.5. The summed E-state index contributed by atoms with van der Waals surface area (Å²) in [5, 5.41) is 6.94. The van der Waals surface area contributed by atoms with Gasteiger partial charge in [-0.3, -0.25) is 0 Å². The van der Waals surface area contributed by atoms with Gasteiger partial charge in [-0.2, -0.15) is 4.98 Å². The zero-order chi connectivity index (χ0) is 10.2. The van der Waals surface area contributed by atoms with Crippen LogP contribution >= 0.6 is 0 Å². The summed E-state index contributed by atoms with van der Waals surface area (Å²) in [6.45, 7) is 1.60. The largest absolute Gasteiger partial charge is 0.384 e. The van der Waals surface area contributed by atoms with E-state index in [0.29, 0.717) is 18.9 Å². The normalized spacial score (nSPS) is 10.7. The molecule has 1 rings (SSSR count). The Morgan fingerprint density at radius 2 is 2.29 bits per heavy atom. The number of methoxy groups -OCH3 is 1. The van der Waals surface area contributed by atoms with Crippen LogP contribution in [0.4, 0.5) is 0 Å². The minimum Gasteiger partial charge on any atom is -0.384 e. The summed E-state index contributed by atoms with van der Waals surface area (Å²) in [6.07, 6.45) is 2.58. The van der Waals surface area contributed by atoms with Gasteiger partial charge in [0, 0.05) is 13.5 Å². The smallest absolute Gasteiger partial charge is 0.228 e. The van der Waals surface area contributed by atoms with Crippen LogP contribution in [0.5, 0.6) is 0 Å². The molecule has 0 atom stereocenters. The van der Waals surface area contributed by atoms with Gasteiger partial charge >= 0.3 is 0 Å². The molecule has 1 aromatic rings. The summed E-state index contributed by atoms with van der Waals surface area (Å²) >= 11 is 0. The van der Waals surface area contributed by atoms with E-state index in [0.717, 1.165) is 25.2 Å². The standard InChI is InChI=1S/C9H17N3O2/c1-10-6-3-4-8-11-9(14-12-8)5-7-13-2/h10H,3-7H2,1-2H3. The number of ether oxygens (including phenoxy) is 1. The van der Waals surface area contributed by atoms with Gasteiger partial charge in [0.2, 0.25) is 5.89 Å². The summed E-state index contributed by atoms with van der Waals surface area (Å²) < 4.78 is 9.95. The van der Waals surface area contributed by atoms with Crippen molar-refractivity contribution in [2.75, 3.05) is 27.3 Å². The number of aromatic nitrogens is 2. The molecular formula is C9H17N3O2. The van der Waals surface area contributed by atoms with E-state index in [1.807, 2.05) is 7.05 Å². The molecule has 5 heteroatoms. The van der Waals surface area contributed by atoms with Gasteiger partial charge in [0.05, 0.1) is 13.0 Å². The number of hydrogen-bond acceptors (Lipinski definition) is 5. The quantitative estimate of drug-likeness (QED) is 0.644. The van der Waals surface area contributed by atoms with Gasteiger partial charge in [-0.1, -0.05) is 5.16 Å². The van der Waals surface area contributed by atoms with Gasteiger partial charge in [-0.25, -0.2) is 0 Å². The fraction of sp³-hybridized carbons (Fsp3) is 0.778. The highest BCUT2D eigenvalue weighted by molar-refractivity contribution is 4.86. The summed E-state index contributed by atoms with van der Waals surface area (Å²) in [5.41, 5.74) is 0. The summed E-state index contributed by atoms with van der Waals surface area (Å²) in [4.78, 5) is 4.23. The lowest BCUT2D eigenvalue weighted by molar-refractivity contribution is 0.192. The molecule has 80 valence electrons. The average molecular weight is 199 g/mol. The molecule has 0 aliphatic rings. The number of nitrogens with zero attached hydrogens (tertiary/aromatic N) is 2. The van der Waals surface area contributed by atoms with Gasteiger partial charge < -0.3 is 14.6 Å². The fourth-order valence-corrected chi connectivity index (χ4v) is 1.11. The van der Waals surface area contributed by atoms with Crippen LogP contribution in [0.15, 0.2) is 4.52 Å². The Balaban J connectivity index is 2.27. The summed E-state index contributed by atoms with van der Waals surface area (Å²) in [5.74, 6) is 1.44. The van der Waals surface area contributed by atoms with Crippen molar-refractivity contribution in [1.82, 2.24) is 15.5 Å². The first-order chi connectivity index (χ1) is 6.86.